The Morgan fingerprint density at radius 2 is 2.22 bits per heavy atom. The van der Waals surface area contributed by atoms with Crippen LogP contribution in [0.25, 0.3) is 0 Å². The molecule has 0 spiro atoms. The third-order valence-electron chi connectivity index (χ3n) is 4.95. The lowest BCUT2D eigenvalue weighted by atomic mass is 10.1. The second kappa shape index (κ2) is 7.32. The van der Waals surface area contributed by atoms with E-state index in [1.165, 1.54) is 5.56 Å². The average molecular weight is 317 g/mol. The molecule has 0 radical (unpaired) electrons. The van der Waals surface area contributed by atoms with Gasteiger partial charge in [-0.2, -0.15) is 0 Å². The minimum Gasteiger partial charge on any atom is -0.383 e. The van der Waals surface area contributed by atoms with Crippen molar-refractivity contribution in [2.45, 2.75) is 25.8 Å². The smallest absolute Gasteiger partial charge is 0.322 e. The number of nitrogens with one attached hydrogen (secondary N) is 1. The largest absolute Gasteiger partial charge is 0.383 e. The highest BCUT2D eigenvalue weighted by Gasteiger charge is 2.31. The van der Waals surface area contributed by atoms with E-state index < -0.39 is 0 Å². The third-order valence-corrected chi connectivity index (χ3v) is 4.95. The van der Waals surface area contributed by atoms with E-state index in [-0.39, 0.29) is 12.1 Å². The molecule has 1 aromatic rings. The Labute approximate surface area is 138 Å². The lowest BCUT2D eigenvalue weighted by Gasteiger charge is -2.24. The van der Waals surface area contributed by atoms with Gasteiger partial charge in [0.1, 0.15) is 0 Å². The predicted octanol–water partition coefficient (Wildman–Crippen LogP) is 2.12. The molecule has 1 N–H and O–H groups in total. The molecule has 2 amide bonds. The zero-order valence-electron chi connectivity index (χ0n) is 14.1. The van der Waals surface area contributed by atoms with Gasteiger partial charge >= 0.3 is 6.03 Å². The summed E-state index contributed by atoms with van der Waals surface area (Å²) in [6, 6.07) is 8.47. The first-order valence-electron chi connectivity index (χ1n) is 8.55. The molecule has 126 valence electrons. The maximum atomic E-state index is 12.6. The number of carbonyl (C=O) groups is 1. The quantitative estimate of drug-likeness (QED) is 0.905. The Kier molecular flexibility index (Phi) is 5.18. The zero-order valence-corrected chi connectivity index (χ0v) is 14.1. The molecule has 1 saturated heterocycles. The summed E-state index contributed by atoms with van der Waals surface area (Å²) < 4.78 is 5.13. The van der Waals surface area contributed by atoms with Crippen molar-refractivity contribution in [3.8, 4) is 0 Å². The summed E-state index contributed by atoms with van der Waals surface area (Å²) >= 11 is 0. The van der Waals surface area contributed by atoms with E-state index in [1.807, 2.05) is 23.1 Å². The van der Waals surface area contributed by atoms with Crippen molar-refractivity contribution in [1.82, 2.24) is 10.2 Å². The van der Waals surface area contributed by atoms with E-state index in [4.69, 9.17) is 4.74 Å². The van der Waals surface area contributed by atoms with E-state index in [2.05, 4.69) is 23.2 Å². The molecule has 0 aliphatic carbocycles. The number of methoxy groups -OCH3 is 1. The number of hydrogen-bond acceptors (Lipinski definition) is 3. The Morgan fingerprint density at radius 3 is 3.04 bits per heavy atom. The Bertz CT molecular complexity index is 549. The number of ether oxygens (including phenoxy) is 1. The Balaban J connectivity index is 1.51. The van der Waals surface area contributed by atoms with Gasteiger partial charge in [0.15, 0.2) is 0 Å². The average Bonchev–Trinajstić information content (AvgIpc) is 3.13. The van der Waals surface area contributed by atoms with Crippen molar-refractivity contribution in [3.05, 3.63) is 29.8 Å². The van der Waals surface area contributed by atoms with Gasteiger partial charge in [-0.15, -0.1) is 0 Å². The highest BCUT2D eigenvalue weighted by atomic mass is 16.5. The van der Waals surface area contributed by atoms with Crippen LogP contribution in [0.15, 0.2) is 24.3 Å². The molecule has 2 aliphatic rings. The normalized spacial score (nSPS) is 24.0. The van der Waals surface area contributed by atoms with Gasteiger partial charge in [0.25, 0.3) is 0 Å². The van der Waals surface area contributed by atoms with Gasteiger partial charge in [-0.25, -0.2) is 4.79 Å². The Hall–Kier alpha value is -1.59. The fourth-order valence-corrected chi connectivity index (χ4v) is 3.69. The summed E-state index contributed by atoms with van der Waals surface area (Å²) in [5.41, 5.74) is 2.33. The fraction of sp³-hybridized carbons (Fsp3) is 0.611. The van der Waals surface area contributed by atoms with E-state index in [1.54, 1.807) is 7.11 Å². The van der Waals surface area contributed by atoms with Gasteiger partial charge in [0, 0.05) is 38.5 Å². The predicted molar refractivity (Wildman–Crippen MR) is 91.9 cm³/mol. The lowest BCUT2D eigenvalue weighted by Crippen LogP contribution is -2.45. The molecule has 2 unspecified atom stereocenters. The number of amides is 2. The van der Waals surface area contributed by atoms with E-state index in [0.29, 0.717) is 5.92 Å². The van der Waals surface area contributed by atoms with Crippen LogP contribution in [0, 0.1) is 5.92 Å². The number of para-hydroxylation sites is 1. The van der Waals surface area contributed by atoms with Gasteiger partial charge in [-0.05, 0) is 43.9 Å². The van der Waals surface area contributed by atoms with Crippen LogP contribution >= 0.6 is 0 Å². The van der Waals surface area contributed by atoms with E-state index in [9.17, 15) is 4.79 Å². The van der Waals surface area contributed by atoms with E-state index >= 15 is 0 Å². The van der Waals surface area contributed by atoms with Crippen LogP contribution in [0.4, 0.5) is 10.5 Å². The summed E-state index contributed by atoms with van der Waals surface area (Å²) in [6.45, 7) is 6.79. The number of benzene rings is 1. The summed E-state index contributed by atoms with van der Waals surface area (Å²) in [6.07, 6.45) is 2.09. The molecular weight excluding hydrogens is 290 g/mol. The molecular formula is C18H27N3O2. The monoisotopic (exact) mass is 317 g/mol. The third kappa shape index (κ3) is 3.67. The first kappa shape index (κ1) is 16.3. The first-order valence-corrected chi connectivity index (χ1v) is 8.55. The number of carbonyl (C=O) groups excluding carboxylic acids is 1. The summed E-state index contributed by atoms with van der Waals surface area (Å²) in [7, 11) is 1.74. The number of nitrogens with zero attached hydrogens (tertiary/aromatic N) is 2. The van der Waals surface area contributed by atoms with Gasteiger partial charge < -0.3 is 15.0 Å². The number of likely N-dealkylation sites (tertiary alicyclic amines) is 1. The van der Waals surface area contributed by atoms with Crippen LogP contribution in [0.1, 0.15) is 18.9 Å². The van der Waals surface area contributed by atoms with Crippen LogP contribution < -0.4 is 10.2 Å². The molecule has 5 nitrogen and oxygen atoms in total. The van der Waals surface area contributed by atoms with Crippen LogP contribution in [-0.4, -0.2) is 56.9 Å². The molecule has 0 bridgehead atoms. The molecule has 2 heterocycles. The van der Waals surface area contributed by atoms with Crippen molar-refractivity contribution in [2.24, 2.45) is 5.92 Å². The molecule has 1 aromatic carbocycles. The van der Waals surface area contributed by atoms with Crippen molar-refractivity contribution in [1.29, 1.82) is 0 Å². The second-order valence-corrected chi connectivity index (χ2v) is 6.69. The van der Waals surface area contributed by atoms with Crippen molar-refractivity contribution in [2.75, 3.05) is 44.8 Å². The maximum Gasteiger partial charge on any atom is 0.322 e. The molecule has 23 heavy (non-hydrogen) atoms. The van der Waals surface area contributed by atoms with Crippen LogP contribution in [-0.2, 0) is 11.2 Å². The lowest BCUT2D eigenvalue weighted by molar-refractivity contribution is 0.159. The number of fused-ring (bicyclic) bond motifs is 1. The molecule has 5 heteroatoms. The highest BCUT2D eigenvalue weighted by Crippen LogP contribution is 2.31. The van der Waals surface area contributed by atoms with Crippen LogP contribution in [0.3, 0.4) is 0 Å². The molecule has 0 aromatic heterocycles. The number of rotatable bonds is 5. The van der Waals surface area contributed by atoms with E-state index in [0.717, 1.165) is 51.3 Å². The van der Waals surface area contributed by atoms with Crippen LogP contribution in [0.2, 0.25) is 0 Å². The fourth-order valence-electron chi connectivity index (χ4n) is 3.69. The van der Waals surface area contributed by atoms with Gasteiger partial charge in [-0.1, -0.05) is 18.2 Å². The van der Waals surface area contributed by atoms with Crippen molar-refractivity contribution in [3.63, 3.8) is 0 Å². The number of urea groups is 1. The minimum atomic E-state index is 0.0396. The molecule has 0 saturated carbocycles. The minimum absolute atomic E-state index is 0.0396. The molecule has 1 fully saturated rings. The summed E-state index contributed by atoms with van der Waals surface area (Å²) in [4.78, 5) is 16.9. The highest BCUT2D eigenvalue weighted by molar-refractivity contribution is 5.94. The second-order valence-electron chi connectivity index (χ2n) is 6.69. The van der Waals surface area contributed by atoms with Crippen molar-refractivity contribution < 1.29 is 9.53 Å². The van der Waals surface area contributed by atoms with Gasteiger partial charge in [0.2, 0.25) is 0 Å². The summed E-state index contributed by atoms with van der Waals surface area (Å²) in [5, 5.41) is 3.14. The number of anilines is 1. The van der Waals surface area contributed by atoms with Gasteiger partial charge in [-0.3, -0.25) is 4.90 Å². The summed E-state index contributed by atoms with van der Waals surface area (Å²) in [5.74, 6) is 0.545. The standard InChI is InChI=1S/C18H27N3O2/c1-14-11-16-5-3-4-6-17(16)21(14)18(22)19-12-15-7-8-20(13-15)9-10-23-2/h3-6,14-15H,7-13H2,1-2H3,(H,19,22). The zero-order chi connectivity index (χ0) is 16.2. The molecule has 2 atom stereocenters. The SMILES string of the molecule is COCCN1CCC(CNC(=O)N2c3ccccc3CC2C)C1. The first-order chi connectivity index (χ1) is 11.2. The van der Waals surface area contributed by atoms with Crippen molar-refractivity contribution >= 4 is 11.7 Å². The van der Waals surface area contributed by atoms with Gasteiger partial charge in [0.05, 0.1) is 6.61 Å². The van der Waals surface area contributed by atoms with Crippen LogP contribution in [0.5, 0.6) is 0 Å². The molecule has 2 aliphatic heterocycles. The molecule has 3 rings (SSSR count). The number of hydrogen-bond donors (Lipinski definition) is 1. The topological polar surface area (TPSA) is 44.8 Å². The maximum absolute atomic E-state index is 12.6. The Morgan fingerprint density at radius 1 is 1.39 bits per heavy atom.